The van der Waals surface area contributed by atoms with Crippen molar-refractivity contribution in [2.75, 3.05) is 6.54 Å². The van der Waals surface area contributed by atoms with Gasteiger partial charge in [-0.1, -0.05) is 31.5 Å². The number of hydrogen-bond acceptors (Lipinski definition) is 5. The van der Waals surface area contributed by atoms with E-state index in [1.807, 2.05) is 0 Å². The molecule has 1 amide bonds. The summed E-state index contributed by atoms with van der Waals surface area (Å²) in [6, 6.07) is 4.82. The van der Waals surface area contributed by atoms with E-state index in [9.17, 15) is 31.5 Å². The summed E-state index contributed by atoms with van der Waals surface area (Å²) in [5.41, 5.74) is -2.43. The van der Waals surface area contributed by atoms with E-state index in [0.29, 0.717) is 0 Å². The first kappa shape index (κ1) is 26.8. The number of amides is 1. The average Bonchev–Trinajstić information content (AvgIpc) is 3.12. The van der Waals surface area contributed by atoms with E-state index in [-0.39, 0.29) is 17.2 Å². The van der Waals surface area contributed by atoms with Crippen LogP contribution in [0.25, 0.3) is 0 Å². The summed E-state index contributed by atoms with van der Waals surface area (Å²) in [4.78, 5) is 16.3. The number of nitrogens with one attached hydrogen (secondary N) is 2. The van der Waals surface area contributed by atoms with E-state index in [4.69, 9.17) is 0 Å². The fraction of sp³-hybridized carbons (Fsp3) is 0.524. The number of carbonyl (C=O) groups is 1. The second-order valence-corrected chi connectivity index (χ2v) is 10.1. The molecule has 3 N–H and O–H groups in total. The van der Waals surface area contributed by atoms with E-state index >= 15 is 0 Å². The molecule has 0 radical (unpaired) electrons. The SMILES string of the molecule is Cc1ccc(S(=O)(=O)NC(CC(C)C)C(=O)NCCC(O)(c2nccn2C)C(F)(F)F)cc1. The normalized spacial score (nSPS) is 15.3. The first-order valence-electron chi connectivity index (χ1n) is 10.3. The number of aryl methyl sites for hydroxylation is 2. The Labute approximate surface area is 191 Å². The minimum absolute atomic E-state index is 0.0316. The van der Waals surface area contributed by atoms with Crippen LogP contribution in [0.4, 0.5) is 13.2 Å². The third kappa shape index (κ3) is 6.55. The number of benzene rings is 1. The monoisotopic (exact) mass is 490 g/mol. The number of alkyl halides is 3. The van der Waals surface area contributed by atoms with E-state index in [1.165, 1.54) is 25.4 Å². The Hall–Kier alpha value is -2.44. The highest BCUT2D eigenvalue weighted by molar-refractivity contribution is 7.89. The van der Waals surface area contributed by atoms with Crippen LogP contribution in [-0.4, -0.2) is 47.7 Å². The van der Waals surface area contributed by atoms with Gasteiger partial charge in [-0.3, -0.25) is 4.79 Å². The van der Waals surface area contributed by atoms with E-state index in [0.717, 1.165) is 16.3 Å². The molecule has 0 saturated carbocycles. The summed E-state index contributed by atoms with van der Waals surface area (Å²) >= 11 is 0. The average molecular weight is 491 g/mol. The second-order valence-electron chi connectivity index (χ2n) is 8.38. The fourth-order valence-electron chi connectivity index (χ4n) is 3.29. The van der Waals surface area contributed by atoms with Crippen molar-refractivity contribution in [2.24, 2.45) is 13.0 Å². The van der Waals surface area contributed by atoms with E-state index in [1.54, 1.807) is 32.9 Å². The maximum atomic E-state index is 13.6. The Morgan fingerprint density at radius 2 is 1.82 bits per heavy atom. The molecule has 1 aromatic carbocycles. The van der Waals surface area contributed by atoms with Gasteiger partial charge in [0.05, 0.1) is 4.90 Å². The van der Waals surface area contributed by atoms with Crippen LogP contribution in [0, 0.1) is 12.8 Å². The lowest BCUT2D eigenvalue weighted by atomic mass is 9.97. The van der Waals surface area contributed by atoms with Gasteiger partial charge in [-0.15, -0.1) is 0 Å². The van der Waals surface area contributed by atoms with E-state index in [2.05, 4.69) is 15.0 Å². The molecule has 0 aliphatic rings. The molecule has 184 valence electrons. The van der Waals surface area contributed by atoms with Gasteiger partial charge >= 0.3 is 6.18 Å². The fourth-order valence-corrected chi connectivity index (χ4v) is 4.50. The van der Waals surface area contributed by atoms with Crippen molar-refractivity contribution >= 4 is 15.9 Å². The molecule has 2 unspecified atom stereocenters. The quantitative estimate of drug-likeness (QED) is 0.473. The number of sulfonamides is 1. The number of hydrogen-bond donors (Lipinski definition) is 3. The molecule has 2 rings (SSSR count). The molecule has 8 nitrogen and oxygen atoms in total. The number of carbonyl (C=O) groups excluding carboxylic acids is 1. The van der Waals surface area contributed by atoms with E-state index < -0.39 is 52.5 Å². The largest absolute Gasteiger partial charge is 0.424 e. The minimum Gasteiger partial charge on any atom is -0.374 e. The molecule has 12 heteroatoms. The number of nitrogens with zero attached hydrogens (tertiary/aromatic N) is 2. The highest BCUT2D eigenvalue weighted by atomic mass is 32.2. The number of halogens is 3. The molecule has 0 saturated heterocycles. The van der Waals surface area contributed by atoms with Gasteiger partial charge in [0.15, 0.2) is 0 Å². The molecular formula is C21H29F3N4O4S. The summed E-state index contributed by atoms with van der Waals surface area (Å²) in [6.07, 6.45) is -3.42. The Balaban J connectivity index is 2.15. The van der Waals surface area contributed by atoms with Gasteiger partial charge in [0.1, 0.15) is 11.9 Å². The van der Waals surface area contributed by atoms with Crippen LogP contribution in [0.2, 0.25) is 0 Å². The smallest absolute Gasteiger partial charge is 0.374 e. The number of aromatic nitrogens is 2. The number of aliphatic hydroxyl groups is 1. The zero-order valence-corrected chi connectivity index (χ0v) is 19.7. The van der Waals surface area contributed by atoms with Crippen LogP contribution in [0.1, 0.15) is 38.1 Å². The zero-order chi connectivity index (χ0) is 25.0. The summed E-state index contributed by atoms with van der Waals surface area (Å²) in [5, 5.41) is 12.7. The van der Waals surface area contributed by atoms with Crippen molar-refractivity contribution in [3.8, 4) is 0 Å². The highest BCUT2D eigenvalue weighted by Gasteiger charge is 2.57. The van der Waals surface area contributed by atoms with Gasteiger partial charge in [0.25, 0.3) is 0 Å². The van der Waals surface area contributed by atoms with Crippen LogP contribution in [0.5, 0.6) is 0 Å². The first-order valence-corrected chi connectivity index (χ1v) is 11.8. The molecule has 33 heavy (non-hydrogen) atoms. The van der Waals surface area contributed by atoms with Crippen LogP contribution in [-0.2, 0) is 27.5 Å². The molecule has 0 aliphatic carbocycles. The topological polar surface area (TPSA) is 113 Å². The van der Waals surface area contributed by atoms with Crippen molar-refractivity contribution in [3.05, 3.63) is 48.0 Å². The molecule has 1 heterocycles. The van der Waals surface area contributed by atoms with Gasteiger partial charge < -0.3 is 15.0 Å². The van der Waals surface area contributed by atoms with Gasteiger partial charge in [0, 0.05) is 32.4 Å². The van der Waals surface area contributed by atoms with Crippen LogP contribution in [0.15, 0.2) is 41.6 Å². The van der Waals surface area contributed by atoms with Gasteiger partial charge in [-0.2, -0.15) is 17.9 Å². The van der Waals surface area contributed by atoms with Gasteiger partial charge in [0.2, 0.25) is 21.5 Å². The molecular weight excluding hydrogens is 461 g/mol. The third-order valence-electron chi connectivity index (χ3n) is 5.10. The summed E-state index contributed by atoms with van der Waals surface area (Å²) in [6.45, 7) is 4.81. The lowest BCUT2D eigenvalue weighted by molar-refractivity contribution is -0.272. The van der Waals surface area contributed by atoms with Crippen LogP contribution in [0.3, 0.4) is 0 Å². The van der Waals surface area contributed by atoms with Crippen molar-refractivity contribution in [2.45, 2.75) is 56.3 Å². The molecule has 1 aromatic heterocycles. The summed E-state index contributed by atoms with van der Waals surface area (Å²) in [5.74, 6) is -1.48. The van der Waals surface area contributed by atoms with Gasteiger partial charge in [-0.05, 0) is 31.4 Å². The Kier molecular flexibility index (Phi) is 8.31. The van der Waals surface area contributed by atoms with Crippen molar-refractivity contribution in [1.82, 2.24) is 19.6 Å². The highest BCUT2D eigenvalue weighted by Crippen LogP contribution is 2.40. The molecule has 0 fully saturated rings. The molecule has 0 aliphatic heterocycles. The standard InChI is InChI=1S/C21H29F3N4O4S/c1-14(2)13-17(27-33(31,32)16-7-5-15(3)6-8-16)18(29)25-10-9-20(30,21(22,23)24)19-26-11-12-28(19)4/h5-8,11-12,14,17,27,30H,9-10,13H2,1-4H3,(H,25,29). The summed E-state index contributed by atoms with van der Waals surface area (Å²) < 4.78 is 69.7. The first-order chi connectivity index (χ1) is 15.2. The predicted molar refractivity (Wildman–Crippen MR) is 116 cm³/mol. The minimum atomic E-state index is -5.04. The van der Waals surface area contributed by atoms with Crippen molar-refractivity contribution in [1.29, 1.82) is 0 Å². The zero-order valence-electron chi connectivity index (χ0n) is 18.8. The Bertz CT molecular complexity index is 1050. The molecule has 2 atom stereocenters. The van der Waals surface area contributed by atoms with Crippen molar-refractivity contribution in [3.63, 3.8) is 0 Å². The van der Waals surface area contributed by atoms with Crippen molar-refractivity contribution < 1.29 is 31.5 Å². The Morgan fingerprint density at radius 3 is 2.30 bits per heavy atom. The van der Waals surface area contributed by atoms with Crippen LogP contribution < -0.4 is 10.0 Å². The lowest BCUT2D eigenvalue weighted by Crippen LogP contribution is -2.50. The maximum absolute atomic E-state index is 13.6. The van der Waals surface area contributed by atoms with Gasteiger partial charge in [-0.25, -0.2) is 13.4 Å². The lowest BCUT2D eigenvalue weighted by Gasteiger charge is -2.30. The van der Waals surface area contributed by atoms with Crippen LogP contribution >= 0.6 is 0 Å². The molecule has 0 spiro atoms. The molecule has 0 bridgehead atoms. The number of rotatable bonds is 10. The molecule has 2 aromatic rings. The summed E-state index contributed by atoms with van der Waals surface area (Å²) in [7, 11) is -2.72. The number of imidazole rings is 1. The Morgan fingerprint density at radius 1 is 1.21 bits per heavy atom. The second kappa shape index (κ2) is 10.2. The predicted octanol–water partition coefficient (Wildman–Crippen LogP) is 2.38. The maximum Gasteiger partial charge on any atom is 0.424 e. The third-order valence-corrected chi connectivity index (χ3v) is 6.59.